The number of ether oxygens (including phenoxy) is 1. The lowest BCUT2D eigenvalue weighted by molar-refractivity contribution is -0.124. The summed E-state index contributed by atoms with van der Waals surface area (Å²) in [6.07, 6.45) is -0.0486. The molecule has 0 unspecified atom stereocenters. The predicted octanol–water partition coefficient (Wildman–Crippen LogP) is 2.74. The number of hydrogen-bond acceptors (Lipinski definition) is 4. The van der Waals surface area contributed by atoms with Gasteiger partial charge in [0.25, 0.3) is 5.91 Å². The zero-order valence-corrected chi connectivity index (χ0v) is 15.3. The van der Waals surface area contributed by atoms with E-state index in [-0.39, 0.29) is 24.1 Å². The van der Waals surface area contributed by atoms with Crippen LogP contribution in [0, 0.1) is 5.82 Å². The van der Waals surface area contributed by atoms with Crippen molar-refractivity contribution in [2.75, 3.05) is 30.5 Å². The number of aromatic nitrogens is 2. The normalized spacial score (nSPS) is 15.9. The first kappa shape index (κ1) is 18.1. The molecular formula is C20H19FN4O3. The first-order valence-corrected chi connectivity index (χ1v) is 8.91. The monoisotopic (exact) mass is 382 g/mol. The maximum Gasteiger partial charge on any atom is 0.253 e. The molecule has 2 amide bonds. The summed E-state index contributed by atoms with van der Waals surface area (Å²) < 4.78 is 20.0. The number of rotatable bonds is 6. The van der Waals surface area contributed by atoms with Crippen molar-refractivity contribution in [2.45, 2.75) is 12.5 Å². The van der Waals surface area contributed by atoms with Gasteiger partial charge in [-0.25, -0.2) is 9.37 Å². The Kier molecular flexibility index (Phi) is 4.79. The summed E-state index contributed by atoms with van der Waals surface area (Å²) in [6.45, 7) is 0.720. The van der Waals surface area contributed by atoms with E-state index in [1.54, 1.807) is 16.6 Å². The van der Waals surface area contributed by atoms with E-state index < -0.39 is 6.04 Å². The van der Waals surface area contributed by atoms with Crippen LogP contribution in [0.3, 0.4) is 0 Å². The summed E-state index contributed by atoms with van der Waals surface area (Å²) in [7, 11) is 1.57. The standard InChI is InChI=1S/C20H19FN4O3/c1-28-11-10-24-19(27)17(12-18(26)22-14-8-6-13(21)7-9-14)25-16-5-3-2-4-15(16)23-20(24)25/h2-9,17H,10-12H2,1H3,(H,22,26)/t17-/m1/s1. The molecule has 1 atom stereocenters. The van der Waals surface area contributed by atoms with Crippen LogP contribution in [0.15, 0.2) is 48.5 Å². The van der Waals surface area contributed by atoms with Crippen molar-refractivity contribution in [3.05, 3.63) is 54.3 Å². The minimum Gasteiger partial charge on any atom is -0.383 e. The van der Waals surface area contributed by atoms with Crippen LogP contribution < -0.4 is 10.2 Å². The molecular weight excluding hydrogens is 363 g/mol. The number of carbonyl (C=O) groups excluding carboxylic acids is 2. The fraction of sp³-hybridized carbons (Fsp3) is 0.250. The highest BCUT2D eigenvalue weighted by Crippen LogP contribution is 2.36. The Labute approximate surface area is 160 Å². The van der Waals surface area contributed by atoms with E-state index in [2.05, 4.69) is 10.3 Å². The van der Waals surface area contributed by atoms with Gasteiger partial charge in [0.1, 0.15) is 11.9 Å². The van der Waals surface area contributed by atoms with Gasteiger partial charge >= 0.3 is 0 Å². The lowest BCUT2D eigenvalue weighted by atomic mass is 10.1. The van der Waals surface area contributed by atoms with E-state index in [1.807, 2.05) is 24.3 Å². The van der Waals surface area contributed by atoms with Crippen LogP contribution in [0.5, 0.6) is 0 Å². The lowest BCUT2D eigenvalue weighted by Crippen LogP contribution is -2.33. The van der Waals surface area contributed by atoms with Gasteiger partial charge in [0.2, 0.25) is 11.9 Å². The summed E-state index contributed by atoms with van der Waals surface area (Å²) in [5.41, 5.74) is 2.03. The highest BCUT2D eigenvalue weighted by atomic mass is 19.1. The van der Waals surface area contributed by atoms with Gasteiger partial charge < -0.3 is 10.1 Å². The zero-order chi connectivity index (χ0) is 19.7. The average Bonchev–Trinajstić information content (AvgIpc) is 3.17. The van der Waals surface area contributed by atoms with E-state index in [0.29, 0.717) is 24.8 Å². The average molecular weight is 382 g/mol. The lowest BCUT2D eigenvalue weighted by Gasteiger charge is -2.15. The summed E-state index contributed by atoms with van der Waals surface area (Å²) in [5.74, 6) is -0.392. The van der Waals surface area contributed by atoms with Crippen molar-refractivity contribution in [2.24, 2.45) is 0 Å². The third-order valence-electron chi connectivity index (χ3n) is 4.71. The second-order valence-corrected chi connectivity index (χ2v) is 6.53. The topological polar surface area (TPSA) is 76.5 Å². The van der Waals surface area contributed by atoms with Crippen LogP contribution >= 0.6 is 0 Å². The molecule has 0 bridgehead atoms. The molecule has 2 heterocycles. The number of halogens is 1. The Balaban J connectivity index is 1.62. The Morgan fingerprint density at radius 1 is 1.21 bits per heavy atom. The minimum atomic E-state index is -0.695. The van der Waals surface area contributed by atoms with Crippen molar-refractivity contribution in [1.29, 1.82) is 0 Å². The molecule has 28 heavy (non-hydrogen) atoms. The summed E-state index contributed by atoms with van der Waals surface area (Å²) in [6, 6.07) is 12.3. The van der Waals surface area contributed by atoms with Crippen LogP contribution in [0.2, 0.25) is 0 Å². The van der Waals surface area contributed by atoms with E-state index in [0.717, 1.165) is 11.0 Å². The van der Waals surface area contributed by atoms with Crippen LogP contribution in [0.4, 0.5) is 16.0 Å². The molecule has 4 rings (SSSR count). The van der Waals surface area contributed by atoms with E-state index in [1.165, 1.54) is 24.3 Å². The molecule has 0 saturated heterocycles. The van der Waals surface area contributed by atoms with Gasteiger partial charge in [0.05, 0.1) is 30.6 Å². The Bertz CT molecular complexity index is 1030. The maximum atomic E-state index is 13.0. The van der Waals surface area contributed by atoms with Gasteiger partial charge in [-0.1, -0.05) is 12.1 Å². The number of benzene rings is 2. The fourth-order valence-electron chi connectivity index (χ4n) is 3.41. The number of nitrogens with one attached hydrogen (secondary N) is 1. The van der Waals surface area contributed by atoms with Gasteiger partial charge in [0.15, 0.2) is 0 Å². The fourth-order valence-corrected chi connectivity index (χ4v) is 3.41. The Morgan fingerprint density at radius 3 is 2.71 bits per heavy atom. The number of anilines is 2. The van der Waals surface area contributed by atoms with Gasteiger partial charge in [-0.05, 0) is 36.4 Å². The van der Waals surface area contributed by atoms with Crippen LogP contribution in [0.1, 0.15) is 12.5 Å². The number of amides is 2. The second kappa shape index (κ2) is 7.40. The molecule has 1 N–H and O–H groups in total. The molecule has 0 aliphatic carbocycles. The second-order valence-electron chi connectivity index (χ2n) is 6.53. The Hall–Kier alpha value is -3.26. The van der Waals surface area contributed by atoms with E-state index in [9.17, 15) is 14.0 Å². The quantitative estimate of drug-likeness (QED) is 0.711. The molecule has 1 aromatic heterocycles. The molecule has 1 aliphatic heterocycles. The number of para-hydroxylation sites is 2. The van der Waals surface area contributed by atoms with Crippen LogP contribution in [0.25, 0.3) is 11.0 Å². The summed E-state index contributed by atoms with van der Waals surface area (Å²) in [4.78, 5) is 31.7. The van der Waals surface area contributed by atoms with E-state index in [4.69, 9.17) is 4.74 Å². The van der Waals surface area contributed by atoms with Crippen molar-refractivity contribution >= 4 is 34.5 Å². The Morgan fingerprint density at radius 2 is 1.96 bits per heavy atom. The molecule has 144 valence electrons. The number of methoxy groups -OCH3 is 1. The molecule has 0 spiro atoms. The summed E-state index contributed by atoms with van der Waals surface area (Å²) in [5, 5.41) is 2.71. The van der Waals surface area contributed by atoms with Crippen molar-refractivity contribution in [3.63, 3.8) is 0 Å². The van der Waals surface area contributed by atoms with Crippen LogP contribution in [-0.2, 0) is 14.3 Å². The zero-order valence-electron chi connectivity index (χ0n) is 15.3. The molecule has 0 radical (unpaired) electrons. The molecule has 3 aromatic rings. The van der Waals surface area contributed by atoms with Gasteiger partial charge in [0, 0.05) is 12.8 Å². The van der Waals surface area contributed by atoms with Crippen molar-refractivity contribution in [1.82, 2.24) is 9.55 Å². The largest absolute Gasteiger partial charge is 0.383 e. The van der Waals surface area contributed by atoms with Crippen LogP contribution in [-0.4, -0.2) is 41.6 Å². The summed E-state index contributed by atoms with van der Waals surface area (Å²) >= 11 is 0. The highest BCUT2D eigenvalue weighted by Gasteiger charge is 2.40. The van der Waals surface area contributed by atoms with Gasteiger partial charge in [-0.2, -0.15) is 0 Å². The van der Waals surface area contributed by atoms with Crippen molar-refractivity contribution < 1.29 is 18.7 Å². The first-order chi connectivity index (χ1) is 13.6. The smallest absolute Gasteiger partial charge is 0.253 e. The molecule has 1 aliphatic rings. The maximum absolute atomic E-state index is 13.0. The van der Waals surface area contributed by atoms with E-state index >= 15 is 0 Å². The van der Waals surface area contributed by atoms with Crippen molar-refractivity contribution in [3.8, 4) is 0 Å². The SMILES string of the molecule is COCCN1C(=O)[C@@H](CC(=O)Nc2ccc(F)cc2)n2c1nc1ccccc12. The third kappa shape index (κ3) is 3.22. The number of nitrogens with zero attached hydrogens (tertiary/aromatic N) is 3. The molecule has 8 heteroatoms. The number of imidazole rings is 1. The van der Waals surface area contributed by atoms with Gasteiger partial charge in [-0.3, -0.25) is 19.1 Å². The molecule has 0 saturated carbocycles. The number of fused-ring (bicyclic) bond motifs is 3. The first-order valence-electron chi connectivity index (χ1n) is 8.91. The predicted molar refractivity (Wildman–Crippen MR) is 103 cm³/mol. The van der Waals surface area contributed by atoms with Gasteiger partial charge in [-0.15, -0.1) is 0 Å². The molecule has 2 aromatic carbocycles. The molecule has 0 fully saturated rings. The minimum absolute atomic E-state index is 0.0486. The molecule has 7 nitrogen and oxygen atoms in total. The number of carbonyl (C=O) groups is 2. The third-order valence-corrected chi connectivity index (χ3v) is 4.71. The number of hydrogen-bond donors (Lipinski definition) is 1. The highest BCUT2D eigenvalue weighted by molar-refractivity contribution is 6.05.